The third-order valence-electron chi connectivity index (χ3n) is 2.00. The minimum atomic E-state index is -0.352. The Morgan fingerprint density at radius 3 is 2.73 bits per heavy atom. The molecule has 0 saturated heterocycles. The van der Waals surface area contributed by atoms with Gasteiger partial charge < -0.3 is 5.32 Å². The maximum absolute atomic E-state index is 11.1. The highest BCUT2D eigenvalue weighted by molar-refractivity contribution is 5.81. The SMILES string of the molecule is CC(C#N)NC(=O)C1CC1C. The molecular formula is C8H12N2O. The highest BCUT2D eigenvalue weighted by atomic mass is 16.2. The van der Waals surface area contributed by atoms with E-state index in [1.165, 1.54) is 0 Å². The summed E-state index contributed by atoms with van der Waals surface area (Å²) in [4.78, 5) is 11.1. The Bertz CT molecular complexity index is 207. The maximum atomic E-state index is 11.1. The van der Waals surface area contributed by atoms with E-state index >= 15 is 0 Å². The van der Waals surface area contributed by atoms with Crippen molar-refractivity contribution in [2.45, 2.75) is 26.3 Å². The summed E-state index contributed by atoms with van der Waals surface area (Å²) >= 11 is 0. The molecule has 0 heterocycles. The molecule has 1 aliphatic carbocycles. The largest absolute Gasteiger partial charge is 0.340 e. The van der Waals surface area contributed by atoms with E-state index < -0.39 is 0 Å². The summed E-state index contributed by atoms with van der Waals surface area (Å²) in [7, 11) is 0. The lowest BCUT2D eigenvalue weighted by Crippen LogP contribution is -2.32. The van der Waals surface area contributed by atoms with Crippen molar-refractivity contribution in [3.63, 3.8) is 0 Å². The fourth-order valence-corrected chi connectivity index (χ4v) is 1.04. The van der Waals surface area contributed by atoms with Gasteiger partial charge in [-0.2, -0.15) is 5.26 Å². The van der Waals surface area contributed by atoms with Crippen LogP contribution in [-0.2, 0) is 4.79 Å². The molecule has 3 heteroatoms. The number of hydrogen-bond acceptors (Lipinski definition) is 2. The minimum Gasteiger partial charge on any atom is -0.340 e. The smallest absolute Gasteiger partial charge is 0.224 e. The molecule has 0 aliphatic heterocycles. The molecule has 0 spiro atoms. The van der Waals surface area contributed by atoms with E-state index in [1.54, 1.807) is 6.92 Å². The molecule has 0 aromatic rings. The third kappa shape index (κ3) is 1.94. The normalized spacial score (nSPS) is 30.3. The molecule has 1 aliphatic rings. The van der Waals surface area contributed by atoms with Gasteiger partial charge in [-0.05, 0) is 19.3 Å². The van der Waals surface area contributed by atoms with E-state index in [4.69, 9.17) is 5.26 Å². The molecule has 3 nitrogen and oxygen atoms in total. The highest BCUT2D eigenvalue weighted by Gasteiger charge is 2.39. The molecule has 1 saturated carbocycles. The van der Waals surface area contributed by atoms with Gasteiger partial charge in [0.1, 0.15) is 6.04 Å². The molecule has 3 unspecified atom stereocenters. The summed E-state index contributed by atoms with van der Waals surface area (Å²) < 4.78 is 0. The lowest BCUT2D eigenvalue weighted by molar-refractivity contribution is -0.122. The number of carbonyl (C=O) groups is 1. The number of nitriles is 1. The first kappa shape index (κ1) is 8.06. The number of carbonyl (C=O) groups excluding carboxylic acids is 1. The number of hydrogen-bond donors (Lipinski definition) is 1. The second-order valence-electron chi connectivity index (χ2n) is 3.18. The average Bonchev–Trinajstić information content (AvgIpc) is 2.66. The Kier molecular flexibility index (Phi) is 2.13. The van der Waals surface area contributed by atoms with Crippen molar-refractivity contribution in [1.29, 1.82) is 5.26 Å². The summed E-state index contributed by atoms with van der Waals surface area (Å²) in [5, 5.41) is 11.0. The van der Waals surface area contributed by atoms with Gasteiger partial charge in [0.2, 0.25) is 5.91 Å². The van der Waals surface area contributed by atoms with Gasteiger partial charge in [0.15, 0.2) is 0 Å². The van der Waals surface area contributed by atoms with Gasteiger partial charge >= 0.3 is 0 Å². The van der Waals surface area contributed by atoms with Crippen molar-refractivity contribution in [3.05, 3.63) is 0 Å². The Balaban J connectivity index is 2.28. The molecule has 0 aromatic carbocycles. The van der Waals surface area contributed by atoms with E-state index in [2.05, 4.69) is 5.32 Å². The van der Waals surface area contributed by atoms with E-state index in [1.807, 2.05) is 13.0 Å². The molecule has 1 fully saturated rings. The van der Waals surface area contributed by atoms with Crippen LogP contribution < -0.4 is 5.32 Å². The molecule has 11 heavy (non-hydrogen) atoms. The van der Waals surface area contributed by atoms with Crippen LogP contribution in [-0.4, -0.2) is 11.9 Å². The second kappa shape index (κ2) is 2.91. The van der Waals surface area contributed by atoms with E-state index in [0.717, 1.165) is 6.42 Å². The topological polar surface area (TPSA) is 52.9 Å². The van der Waals surface area contributed by atoms with Gasteiger partial charge in [-0.15, -0.1) is 0 Å². The molecule has 0 aromatic heterocycles. The first-order valence-electron chi connectivity index (χ1n) is 3.85. The summed E-state index contributed by atoms with van der Waals surface area (Å²) in [6.07, 6.45) is 0.976. The predicted molar refractivity (Wildman–Crippen MR) is 40.5 cm³/mol. The van der Waals surface area contributed by atoms with Crippen LogP contribution in [0.4, 0.5) is 0 Å². The van der Waals surface area contributed by atoms with Crippen molar-refractivity contribution < 1.29 is 4.79 Å². The number of nitrogens with one attached hydrogen (secondary N) is 1. The first-order valence-corrected chi connectivity index (χ1v) is 3.85. The van der Waals surface area contributed by atoms with Crippen LogP contribution >= 0.6 is 0 Å². The van der Waals surface area contributed by atoms with Gasteiger partial charge in [-0.1, -0.05) is 6.92 Å². The van der Waals surface area contributed by atoms with Crippen LogP contribution in [0, 0.1) is 23.2 Å². The Morgan fingerprint density at radius 2 is 2.36 bits per heavy atom. The zero-order chi connectivity index (χ0) is 8.43. The van der Waals surface area contributed by atoms with Gasteiger partial charge in [-0.3, -0.25) is 4.79 Å². The van der Waals surface area contributed by atoms with Gasteiger partial charge in [0.05, 0.1) is 6.07 Å². The lowest BCUT2D eigenvalue weighted by atomic mass is 10.3. The second-order valence-corrected chi connectivity index (χ2v) is 3.18. The van der Waals surface area contributed by atoms with Crippen molar-refractivity contribution in [2.24, 2.45) is 11.8 Å². The molecule has 0 bridgehead atoms. The summed E-state index contributed by atoms with van der Waals surface area (Å²) in [6, 6.07) is 1.61. The van der Waals surface area contributed by atoms with Crippen molar-refractivity contribution in [1.82, 2.24) is 5.32 Å². The highest BCUT2D eigenvalue weighted by Crippen LogP contribution is 2.37. The standard InChI is InChI=1S/C8H12N2O/c1-5-3-7(5)8(11)10-6(2)4-9/h5-7H,3H2,1-2H3,(H,10,11). The molecule has 0 radical (unpaired) electrons. The van der Waals surface area contributed by atoms with Crippen LogP contribution in [0.25, 0.3) is 0 Å². The number of amides is 1. The molecule has 3 atom stereocenters. The fraction of sp³-hybridized carbons (Fsp3) is 0.750. The lowest BCUT2D eigenvalue weighted by Gasteiger charge is -2.04. The molecular weight excluding hydrogens is 140 g/mol. The minimum absolute atomic E-state index is 0.0338. The quantitative estimate of drug-likeness (QED) is 0.632. The van der Waals surface area contributed by atoms with Crippen LogP contribution in [0.5, 0.6) is 0 Å². The summed E-state index contributed by atoms with van der Waals surface area (Å²) in [5.41, 5.74) is 0. The Hall–Kier alpha value is -1.04. The van der Waals surface area contributed by atoms with Gasteiger partial charge in [0.25, 0.3) is 0 Å². The predicted octanol–water partition coefficient (Wildman–Crippen LogP) is 0.671. The molecule has 1 N–H and O–H groups in total. The molecule has 1 rings (SSSR count). The number of nitrogens with zero attached hydrogens (tertiary/aromatic N) is 1. The average molecular weight is 152 g/mol. The monoisotopic (exact) mass is 152 g/mol. The zero-order valence-electron chi connectivity index (χ0n) is 6.79. The summed E-state index contributed by atoms with van der Waals surface area (Å²) in [6.45, 7) is 3.73. The molecule has 60 valence electrons. The van der Waals surface area contributed by atoms with E-state index in [0.29, 0.717) is 5.92 Å². The van der Waals surface area contributed by atoms with Crippen molar-refractivity contribution in [3.8, 4) is 6.07 Å². The van der Waals surface area contributed by atoms with Gasteiger partial charge in [0, 0.05) is 5.92 Å². The fourth-order valence-electron chi connectivity index (χ4n) is 1.04. The maximum Gasteiger partial charge on any atom is 0.224 e. The van der Waals surface area contributed by atoms with Crippen molar-refractivity contribution >= 4 is 5.91 Å². The molecule has 1 amide bonds. The zero-order valence-corrected chi connectivity index (χ0v) is 6.79. The van der Waals surface area contributed by atoms with Crippen LogP contribution in [0.15, 0.2) is 0 Å². The number of rotatable bonds is 2. The summed E-state index contributed by atoms with van der Waals surface area (Å²) in [5.74, 6) is 0.721. The Labute approximate surface area is 66.4 Å². The third-order valence-corrected chi connectivity index (χ3v) is 2.00. The Morgan fingerprint density at radius 1 is 1.82 bits per heavy atom. The van der Waals surface area contributed by atoms with Gasteiger partial charge in [-0.25, -0.2) is 0 Å². The van der Waals surface area contributed by atoms with Crippen LogP contribution in [0.1, 0.15) is 20.3 Å². The first-order chi connectivity index (χ1) is 5.15. The van der Waals surface area contributed by atoms with Crippen LogP contribution in [0.3, 0.4) is 0 Å². The van der Waals surface area contributed by atoms with Crippen LogP contribution in [0.2, 0.25) is 0 Å². The van der Waals surface area contributed by atoms with E-state index in [-0.39, 0.29) is 17.9 Å². The van der Waals surface area contributed by atoms with Crippen molar-refractivity contribution in [2.75, 3.05) is 0 Å². The van der Waals surface area contributed by atoms with E-state index in [9.17, 15) is 4.79 Å².